The molecule has 2 amide bonds. The highest BCUT2D eigenvalue weighted by Gasteiger charge is 2.31. The number of thiophene rings is 1. The normalized spacial score (nSPS) is 16.9. The van der Waals surface area contributed by atoms with Crippen LogP contribution in [0.15, 0.2) is 36.4 Å². The number of benzene rings is 1. The van der Waals surface area contributed by atoms with Crippen molar-refractivity contribution in [1.29, 1.82) is 0 Å². The molecule has 0 aliphatic carbocycles. The van der Waals surface area contributed by atoms with E-state index in [1.807, 2.05) is 0 Å². The molecule has 25 heavy (non-hydrogen) atoms. The van der Waals surface area contributed by atoms with Gasteiger partial charge in [-0.15, -0.1) is 11.3 Å². The molecule has 1 aromatic carbocycles. The van der Waals surface area contributed by atoms with Crippen LogP contribution in [0.4, 0.5) is 11.4 Å². The van der Waals surface area contributed by atoms with Gasteiger partial charge in [0.05, 0.1) is 14.1 Å². The van der Waals surface area contributed by atoms with Crippen LogP contribution in [0.2, 0.25) is 4.34 Å². The molecule has 0 bridgehead atoms. The molecule has 130 valence electrons. The van der Waals surface area contributed by atoms with Crippen molar-refractivity contribution in [2.75, 3.05) is 18.0 Å². The molecule has 9 heteroatoms. The topological polar surface area (TPSA) is 92.6 Å². The number of amides is 2. The van der Waals surface area contributed by atoms with E-state index in [9.17, 15) is 19.7 Å². The number of anilines is 1. The number of hydrogen-bond donors (Lipinski definition) is 1. The summed E-state index contributed by atoms with van der Waals surface area (Å²) in [5.74, 6) is -0.285. The molecule has 1 atom stereocenters. The SMILES string of the molecule is O=C(NC[C@@H]1CC(=O)N(c2ccc([N+](=O)[O-])cc2)C1)c1ccc(Cl)s1. The molecule has 1 fully saturated rings. The van der Waals surface area contributed by atoms with Crippen LogP contribution < -0.4 is 10.2 Å². The molecule has 0 radical (unpaired) electrons. The first-order valence-electron chi connectivity index (χ1n) is 7.52. The number of carbonyl (C=O) groups is 2. The average molecular weight is 380 g/mol. The smallest absolute Gasteiger partial charge is 0.269 e. The Labute approximate surface area is 152 Å². The van der Waals surface area contributed by atoms with Crippen LogP contribution in [0.25, 0.3) is 0 Å². The number of hydrogen-bond acceptors (Lipinski definition) is 5. The number of halogens is 1. The minimum absolute atomic E-state index is 0.0120. The van der Waals surface area contributed by atoms with Gasteiger partial charge in [-0.3, -0.25) is 19.7 Å². The van der Waals surface area contributed by atoms with Gasteiger partial charge in [0, 0.05) is 43.2 Å². The Bertz CT molecular complexity index is 821. The average Bonchev–Trinajstić information content (AvgIpc) is 3.18. The first-order chi connectivity index (χ1) is 11.9. The highest BCUT2D eigenvalue weighted by Crippen LogP contribution is 2.27. The first kappa shape index (κ1) is 17.4. The van der Waals surface area contributed by atoms with Crippen LogP contribution in [0.3, 0.4) is 0 Å². The summed E-state index contributed by atoms with van der Waals surface area (Å²) in [6.45, 7) is 0.839. The zero-order chi connectivity index (χ0) is 18.0. The van der Waals surface area contributed by atoms with E-state index in [0.29, 0.717) is 34.4 Å². The lowest BCUT2D eigenvalue weighted by atomic mass is 10.1. The van der Waals surface area contributed by atoms with E-state index in [1.54, 1.807) is 29.2 Å². The van der Waals surface area contributed by atoms with Gasteiger partial charge in [-0.25, -0.2) is 0 Å². The molecule has 1 aromatic heterocycles. The van der Waals surface area contributed by atoms with E-state index in [0.717, 1.165) is 0 Å². The maximum Gasteiger partial charge on any atom is 0.269 e. The Kier molecular flexibility index (Phi) is 5.00. The van der Waals surface area contributed by atoms with Crippen molar-refractivity contribution in [1.82, 2.24) is 5.32 Å². The van der Waals surface area contributed by atoms with Crippen molar-refractivity contribution < 1.29 is 14.5 Å². The summed E-state index contributed by atoms with van der Waals surface area (Å²) in [7, 11) is 0. The molecular formula is C16H14ClN3O4S. The van der Waals surface area contributed by atoms with Crippen molar-refractivity contribution in [3.8, 4) is 0 Å². The number of carbonyl (C=O) groups excluding carboxylic acids is 2. The highest BCUT2D eigenvalue weighted by atomic mass is 35.5. The molecule has 3 rings (SSSR count). The van der Waals surface area contributed by atoms with E-state index in [-0.39, 0.29) is 23.4 Å². The predicted octanol–water partition coefficient (Wildman–Crippen LogP) is 3.09. The van der Waals surface area contributed by atoms with Crippen molar-refractivity contribution in [2.24, 2.45) is 5.92 Å². The van der Waals surface area contributed by atoms with E-state index in [4.69, 9.17) is 11.6 Å². The third-order valence-corrected chi connectivity index (χ3v) is 5.16. The highest BCUT2D eigenvalue weighted by molar-refractivity contribution is 7.17. The quantitative estimate of drug-likeness (QED) is 0.638. The molecule has 7 nitrogen and oxygen atoms in total. The Hall–Kier alpha value is -2.45. The van der Waals surface area contributed by atoms with Gasteiger partial charge < -0.3 is 10.2 Å². The van der Waals surface area contributed by atoms with Crippen LogP contribution in [0, 0.1) is 16.0 Å². The lowest BCUT2D eigenvalue weighted by Crippen LogP contribution is -2.30. The van der Waals surface area contributed by atoms with E-state index >= 15 is 0 Å². The van der Waals surface area contributed by atoms with Crippen LogP contribution in [0.1, 0.15) is 16.1 Å². The number of non-ortho nitro benzene ring substituents is 1. The summed E-state index contributed by atoms with van der Waals surface area (Å²) in [5, 5.41) is 13.5. The zero-order valence-corrected chi connectivity index (χ0v) is 14.5. The monoisotopic (exact) mass is 379 g/mol. The van der Waals surface area contributed by atoms with Crippen molar-refractivity contribution >= 4 is 46.1 Å². The fraction of sp³-hybridized carbons (Fsp3) is 0.250. The Balaban J connectivity index is 1.58. The number of nitro benzene ring substituents is 1. The fourth-order valence-corrected chi connectivity index (χ4v) is 3.64. The summed E-state index contributed by atoms with van der Waals surface area (Å²) in [6.07, 6.45) is 0.322. The maximum absolute atomic E-state index is 12.2. The van der Waals surface area contributed by atoms with Gasteiger partial charge >= 0.3 is 0 Å². The molecule has 1 N–H and O–H groups in total. The maximum atomic E-state index is 12.2. The molecule has 1 aliphatic heterocycles. The molecular weight excluding hydrogens is 366 g/mol. The van der Waals surface area contributed by atoms with Crippen LogP contribution in [-0.2, 0) is 4.79 Å². The molecule has 0 unspecified atom stereocenters. The van der Waals surface area contributed by atoms with Gasteiger partial charge in [0.1, 0.15) is 0 Å². The standard InChI is InChI=1S/C16H14ClN3O4S/c17-14-6-5-13(25-14)16(22)18-8-10-7-15(21)19(9-10)11-1-3-12(4-2-11)20(23)24/h1-6,10H,7-9H2,(H,18,22)/t10-/m0/s1. The van der Waals surface area contributed by atoms with E-state index < -0.39 is 4.92 Å². The largest absolute Gasteiger partial charge is 0.351 e. The summed E-state index contributed by atoms with van der Waals surface area (Å²) < 4.78 is 0.547. The Morgan fingerprint density at radius 3 is 2.64 bits per heavy atom. The van der Waals surface area contributed by atoms with Gasteiger partial charge in [-0.05, 0) is 24.3 Å². The minimum atomic E-state index is -0.481. The minimum Gasteiger partial charge on any atom is -0.351 e. The number of nitrogens with zero attached hydrogens (tertiary/aromatic N) is 2. The number of rotatable bonds is 5. The second kappa shape index (κ2) is 7.20. The number of nitrogens with one attached hydrogen (secondary N) is 1. The number of nitro groups is 1. The second-order valence-electron chi connectivity index (χ2n) is 5.66. The molecule has 2 aromatic rings. The third-order valence-electron chi connectivity index (χ3n) is 3.93. The molecule has 1 aliphatic rings. The first-order valence-corrected chi connectivity index (χ1v) is 8.72. The van der Waals surface area contributed by atoms with Crippen molar-refractivity contribution in [3.63, 3.8) is 0 Å². The second-order valence-corrected chi connectivity index (χ2v) is 7.38. The van der Waals surface area contributed by atoms with Gasteiger partial charge in [0.25, 0.3) is 11.6 Å². The van der Waals surface area contributed by atoms with Gasteiger partial charge in [-0.1, -0.05) is 11.6 Å². The Morgan fingerprint density at radius 2 is 2.04 bits per heavy atom. The molecule has 0 spiro atoms. The van der Waals surface area contributed by atoms with E-state index in [2.05, 4.69) is 5.32 Å². The molecule has 0 saturated carbocycles. The summed E-state index contributed by atoms with van der Waals surface area (Å²) in [4.78, 5) is 36.5. The summed E-state index contributed by atoms with van der Waals surface area (Å²) in [6, 6.07) is 9.19. The molecule has 2 heterocycles. The summed E-state index contributed by atoms with van der Waals surface area (Å²) >= 11 is 7.01. The van der Waals surface area contributed by atoms with E-state index in [1.165, 1.54) is 23.5 Å². The fourth-order valence-electron chi connectivity index (χ4n) is 2.68. The Morgan fingerprint density at radius 1 is 1.32 bits per heavy atom. The van der Waals surface area contributed by atoms with Gasteiger partial charge in [0.15, 0.2) is 0 Å². The van der Waals surface area contributed by atoms with Gasteiger partial charge in [0.2, 0.25) is 5.91 Å². The lowest BCUT2D eigenvalue weighted by Gasteiger charge is -2.16. The van der Waals surface area contributed by atoms with Gasteiger partial charge in [-0.2, -0.15) is 0 Å². The van der Waals surface area contributed by atoms with Crippen LogP contribution in [0.5, 0.6) is 0 Å². The zero-order valence-electron chi connectivity index (χ0n) is 13.0. The van der Waals surface area contributed by atoms with Crippen molar-refractivity contribution in [3.05, 3.63) is 55.7 Å². The molecule has 1 saturated heterocycles. The van der Waals surface area contributed by atoms with Crippen LogP contribution >= 0.6 is 22.9 Å². The van der Waals surface area contributed by atoms with Crippen molar-refractivity contribution in [2.45, 2.75) is 6.42 Å². The lowest BCUT2D eigenvalue weighted by molar-refractivity contribution is -0.384. The summed E-state index contributed by atoms with van der Waals surface area (Å²) in [5.41, 5.74) is 0.600. The van der Waals surface area contributed by atoms with Crippen LogP contribution in [-0.4, -0.2) is 29.8 Å². The predicted molar refractivity (Wildman–Crippen MR) is 95.2 cm³/mol. The third kappa shape index (κ3) is 3.97.